The fourth-order valence-corrected chi connectivity index (χ4v) is 6.80. The van der Waals surface area contributed by atoms with Crippen molar-refractivity contribution in [2.45, 2.75) is 245 Å². The van der Waals surface area contributed by atoms with Gasteiger partial charge in [0.05, 0.1) is 6.61 Å². The zero-order chi connectivity index (χ0) is 40.7. The summed E-state index contributed by atoms with van der Waals surface area (Å²) in [7, 11) is 0. The van der Waals surface area contributed by atoms with Crippen molar-refractivity contribution in [1.29, 1.82) is 0 Å². The maximum Gasteiger partial charge on any atom is 0.306 e. The second kappa shape index (κ2) is 47.2. The van der Waals surface area contributed by atoms with Crippen LogP contribution in [-0.2, 0) is 23.8 Å². The average Bonchev–Trinajstić information content (AvgIpc) is 3.20. The van der Waals surface area contributed by atoms with Gasteiger partial charge in [0.2, 0.25) is 0 Å². The molecule has 0 saturated heterocycles. The second-order valence-corrected chi connectivity index (χ2v) is 16.0. The molecule has 1 atom stereocenters. The summed E-state index contributed by atoms with van der Waals surface area (Å²) in [6, 6.07) is 0. The summed E-state index contributed by atoms with van der Waals surface area (Å²) in [5, 5.41) is 0. The number of unbranched alkanes of at least 4 members (excludes halogenated alkanes) is 25. The van der Waals surface area contributed by atoms with Crippen molar-refractivity contribution in [3.05, 3.63) is 48.6 Å². The SMILES string of the molecule is CC/C=C\C/C=C\C/C=C\C/C=C\CCCCC(=O)OCC(COCCCCCCCCCCCCCCCC)OC(=O)CCCCCCCCCCCCC. The number of esters is 2. The van der Waals surface area contributed by atoms with Gasteiger partial charge in [-0.05, 0) is 57.8 Å². The van der Waals surface area contributed by atoms with E-state index in [1.54, 1.807) is 0 Å². The maximum atomic E-state index is 12.7. The smallest absolute Gasteiger partial charge is 0.306 e. The lowest BCUT2D eigenvalue weighted by Gasteiger charge is -2.18. The highest BCUT2D eigenvalue weighted by atomic mass is 16.6. The quantitative estimate of drug-likeness (QED) is 0.0350. The van der Waals surface area contributed by atoms with E-state index in [1.165, 1.54) is 135 Å². The van der Waals surface area contributed by atoms with Gasteiger partial charge in [-0.25, -0.2) is 0 Å². The summed E-state index contributed by atoms with van der Waals surface area (Å²) in [5.74, 6) is -0.437. The Morgan fingerprint density at radius 2 is 0.804 bits per heavy atom. The Hall–Kier alpha value is -2.14. The minimum Gasteiger partial charge on any atom is -0.462 e. The zero-order valence-corrected chi connectivity index (χ0v) is 37.4. The molecule has 5 nitrogen and oxygen atoms in total. The molecule has 0 aromatic carbocycles. The van der Waals surface area contributed by atoms with Gasteiger partial charge in [-0.1, -0.05) is 217 Å². The third-order valence-corrected chi connectivity index (χ3v) is 10.4. The van der Waals surface area contributed by atoms with E-state index in [9.17, 15) is 9.59 Å². The minimum atomic E-state index is -0.546. The fourth-order valence-electron chi connectivity index (χ4n) is 6.80. The van der Waals surface area contributed by atoms with Crippen LogP contribution < -0.4 is 0 Å². The molecule has 0 fully saturated rings. The Labute approximate surface area is 348 Å². The van der Waals surface area contributed by atoms with E-state index < -0.39 is 6.10 Å². The molecule has 0 radical (unpaired) electrons. The zero-order valence-electron chi connectivity index (χ0n) is 37.4. The fraction of sp³-hybridized carbons (Fsp3) is 0.804. The average molecular weight is 785 g/mol. The summed E-state index contributed by atoms with van der Waals surface area (Å²) in [4.78, 5) is 25.3. The molecule has 0 aromatic heterocycles. The lowest BCUT2D eigenvalue weighted by molar-refractivity contribution is -0.163. The van der Waals surface area contributed by atoms with E-state index in [0.717, 1.165) is 70.6 Å². The lowest BCUT2D eigenvalue weighted by atomic mass is 10.0. The van der Waals surface area contributed by atoms with Gasteiger partial charge in [0, 0.05) is 19.4 Å². The van der Waals surface area contributed by atoms with Crippen LogP contribution in [0.2, 0.25) is 0 Å². The lowest BCUT2D eigenvalue weighted by Crippen LogP contribution is -2.30. The van der Waals surface area contributed by atoms with Crippen LogP contribution in [0.1, 0.15) is 239 Å². The summed E-state index contributed by atoms with van der Waals surface area (Å²) in [5.41, 5.74) is 0. The van der Waals surface area contributed by atoms with Crippen LogP contribution in [0.5, 0.6) is 0 Å². The Balaban J connectivity index is 4.29. The van der Waals surface area contributed by atoms with Crippen LogP contribution in [0.3, 0.4) is 0 Å². The molecule has 0 spiro atoms. The predicted molar refractivity (Wildman–Crippen MR) is 242 cm³/mol. The highest BCUT2D eigenvalue weighted by Gasteiger charge is 2.17. The van der Waals surface area contributed by atoms with Crippen LogP contribution in [0, 0.1) is 0 Å². The number of carbonyl (C=O) groups is 2. The Bertz CT molecular complexity index is 935. The van der Waals surface area contributed by atoms with Gasteiger partial charge in [-0.15, -0.1) is 0 Å². The molecule has 1 unspecified atom stereocenters. The standard InChI is InChI=1S/C51H92O5/c1-4-7-10-13-16-19-22-24-26-27-30-32-35-38-41-44-50(52)55-48-49(56-51(53)45-42-39-36-33-29-21-18-15-12-9-6-3)47-54-46-43-40-37-34-31-28-25-23-20-17-14-11-8-5-2/h7,10,16,19,24,26,30,32,49H,4-6,8-9,11-15,17-18,20-23,25,27-29,31,33-48H2,1-3H3/b10-7-,19-16-,26-24-,32-30-. The van der Waals surface area contributed by atoms with Crippen molar-refractivity contribution in [2.24, 2.45) is 0 Å². The van der Waals surface area contributed by atoms with Crippen molar-refractivity contribution in [3.63, 3.8) is 0 Å². The van der Waals surface area contributed by atoms with Gasteiger partial charge in [-0.2, -0.15) is 0 Å². The van der Waals surface area contributed by atoms with Crippen molar-refractivity contribution >= 4 is 11.9 Å². The van der Waals surface area contributed by atoms with Crippen LogP contribution in [0.25, 0.3) is 0 Å². The largest absolute Gasteiger partial charge is 0.462 e. The Morgan fingerprint density at radius 3 is 1.29 bits per heavy atom. The first-order chi connectivity index (χ1) is 27.6. The van der Waals surface area contributed by atoms with Crippen molar-refractivity contribution in [2.75, 3.05) is 19.8 Å². The maximum absolute atomic E-state index is 12.7. The highest BCUT2D eigenvalue weighted by Crippen LogP contribution is 2.15. The van der Waals surface area contributed by atoms with Crippen molar-refractivity contribution in [1.82, 2.24) is 0 Å². The van der Waals surface area contributed by atoms with Crippen LogP contribution >= 0.6 is 0 Å². The molecule has 0 rings (SSSR count). The molecule has 0 amide bonds. The van der Waals surface area contributed by atoms with Crippen molar-refractivity contribution in [3.8, 4) is 0 Å². The second-order valence-electron chi connectivity index (χ2n) is 16.0. The summed E-state index contributed by atoms with van der Waals surface area (Å²) in [6.45, 7) is 7.69. The molecule has 0 aliphatic heterocycles. The molecule has 0 N–H and O–H groups in total. The summed E-state index contributed by atoms with van der Waals surface area (Å²) in [6.07, 6.45) is 56.8. The van der Waals surface area contributed by atoms with Gasteiger partial charge < -0.3 is 14.2 Å². The first kappa shape index (κ1) is 53.9. The monoisotopic (exact) mass is 785 g/mol. The Morgan fingerprint density at radius 1 is 0.411 bits per heavy atom. The number of allylic oxidation sites excluding steroid dienone is 8. The molecule has 0 saturated carbocycles. The van der Waals surface area contributed by atoms with Gasteiger partial charge in [0.15, 0.2) is 6.10 Å². The van der Waals surface area contributed by atoms with Crippen LogP contribution in [0.15, 0.2) is 48.6 Å². The van der Waals surface area contributed by atoms with E-state index >= 15 is 0 Å². The molecular formula is C51H92O5. The molecular weight excluding hydrogens is 693 g/mol. The number of ether oxygens (including phenoxy) is 3. The van der Waals surface area contributed by atoms with E-state index in [0.29, 0.717) is 19.4 Å². The molecule has 326 valence electrons. The first-order valence-electron chi connectivity index (χ1n) is 24.2. The number of rotatable bonds is 44. The van der Waals surface area contributed by atoms with E-state index in [1.807, 2.05) is 0 Å². The van der Waals surface area contributed by atoms with E-state index in [-0.39, 0.29) is 25.2 Å². The molecule has 0 aromatic rings. The molecule has 0 aliphatic carbocycles. The molecule has 0 aliphatic rings. The predicted octanol–water partition coefficient (Wildman–Crippen LogP) is 16.0. The van der Waals surface area contributed by atoms with Gasteiger partial charge in [-0.3, -0.25) is 9.59 Å². The molecule has 56 heavy (non-hydrogen) atoms. The van der Waals surface area contributed by atoms with Crippen LogP contribution in [-0.4, -0.2) is 37.9 Å². The van der Waals surface area contributed by atoms with E-state index in [2.05, 4.69) is 69.4 Å². The highest BCUT2D eigenvalue weighted by molar-refractivity contribution is 5.70. The molecule has 0 bridgehead atoms. The van der Waals surface area contributed by atoms with Gasteiger partial charge in [0.1, 0.15) is 6.61 Å². The number of carbonyl (C=O) groups excluding carboxylic acids is 2. The van der Waals surface area contributed by atoms with Crippen LogP contribution in [0.4, 0.5) is 0 Å². The molecule has 5 heteroatoms. The third-order valence-electron chi connectivity index (χ3n) is 10.4. The van der Waals surface area contributed by atoms with Gasteiger partial charge in [0.25, 0.3) is 0 Å². The normalized spacial score (nSPS) is 12.6. The number of hydrogen-bond donors (Lipinski definition) is 0. The molecule has 0 heterocycles. The Kier molecular flexibility index (Phi) is 45.4. The topological polar surface area (TPSA) is 61.8 Å². The summed E-state index contributed by atoms with van der Waals surface area (Å²) >= 11 is 0. The van der Waals surface area contributed by atoms with Crippen molar-refractivity contribution < 1.29 is 23.8 Å². The minimum absolute atomic E-state index is 0.0679. The summed E-state index contributed by atoms with van der Waals surface area (Å²) < 4.78 is 17.3. The first-order valence-corrected chi connectivity index (χ1v) is 24.2. The third kappa shape index (κ3) is 44.6. The van der Waals surface area contributed by atoms with Gasteiger partial charge >= 0.3 is 11.9 Å². The van der Waals surface area contributed by atoms with E-state index in [4.69, 9.17) is 14.2 Å². The number of hydrogen-bond acceptors (Lipinski definition) is 5.